The van der Waals surface area contributed by atoms with E-state index < -0.39 is 29.1 Å². The molecule has 0 radical (unpaired) electrons. The van der Waals surface area contributed by atoms with Gasteiger partial charge in [0, 0.05) is 17.5 Å². The first-order valence-corrected chi connectivity index (χ1v) is 6.89. The Labute approximate surface area is 122 Å². The number of ether oxygens (including phenoxy) is 1. The molecule has 8 heteroatoms. The molecule has 4 nitrogen and oxygen atoms in total. The van der Waals surface area contributed by atoms with Gasteiger partial charge in [-0.15, -0.1) is 11.3 Å². The fraction of sp³-hybridized carbons (Fsp3) is 0.231. The number of halogens is 3. The number of hydrogen-bond acceptors (Lipinski definition) is 5. The van der Waals surface area contributed by atoms with Gasteiger partial charge in [-0.25, -0.2) is 18.2 Å². The molecule has 1 aromatic carbocycles. The number of anilines is 2. The van der Waals surface area contributed by atoms with E-state index in [0.29, 0.717) is 17.8 Å². The highest BCUT2D eigenvalue weighted by Gasteiger charge is 2.14. The van der Waals surface area contributed by atoms with Gasteiger partial charge in [0.15, 0.2) is 16.8 Å². The fourth-order valence-corrected chi connectivity index (χ4v) is 2.29. The molecule has 112 valence electrons. The molecule has 0 aliphatic rings. The Morgan fingerprint density at radius 2 is 2.00 bits per heavy atom. The van der Waals surface area contributed by atoms with Crippen LogP contribution < -0.4 is 5.32 Å². The minimum absolute atomic E-state index is 0.0274. The molecule has 0 atom stereocenters. The van der Waals surface area contributed by atoms with Crippen molar-refractivity contribution in [2.75, 3.05) is 11.9 Å². The minimum Gasteiger partial charge on any atom is -0.466 e. The van der Waals surface area contributed by atoms with Crippen molar-refractivity contribution in [3.63, 3.8) is 0 Å². The molecule has 1 heterocycles. The number of rotatable bonds is 5. The molecule has 1 N–H and O–H groups in total. The highest BCUT2D eigenvalue weighted by molar-refractivity contribution is 7.13. The first kappa shape index (κ1) is 15.3. The third-order valence-electron chi connectivity index (χ3n) is 2.42. The maximum atomic E-state index is 13.5. The summed E-state index contributed by atoms with van der Waals surface area (Å²) in [6, 6.07) is 1.14. The van der Waals surface area contributed by atoms with Gasteiger partial charge in [-0.1, -0.05) is 0 Å². The lowest BCUT2D eigenvalue weighted by Gasteiger charge is -2.05. The van der Waals surface area contributed by atoms with Crippen molar-refractivity contribution in [3.8, 4) is 0 Å². The highest BCUT2D eigenvalue weighted by Crippen LogP contribution is 2.26. The molecule has 2 aromatic rings. The lowest BCUT2D eigenvalue weighted by atomic mass is 10.3. The maximum Gasteiger partial charge on any atom is 0.311 e. The van der Waals surface area contributed by atoms with E-state index in [1.807, 2.05) is 0 Å². The number of hydrogen-bond donors (Lipinski definition) is 1. The molecule has 0 saturated carbocycles. The van der Waals surface area contributed by atoms with Crippen LogP contribution in [0.15, 0.2) is 17.5 Å². The van der Waals surface area contributed by atoms with Crippen LogP contribution in [0.4, 0.5) is 24.0 Å². The van der Waals surface area contributed by atoms with E-state index in [1.165, 1.54) is 0 Å². The van der Waals surface area contributed by atoms with Crippen LogP contribution in [0, 0.1) is 17.5 Å². The van der Waals surface area contributed by atoms with E-state index >= 15 is 0 Å². The second-order valence-corrected chi connectivity index (χ2v) is 4.85. The average Bonchev–Trinajstić information content (AvgIpc) is 2.81. The van der Waals surface area contributed by atoms with Gasteiger partial charge in [-0.2, -0.15) is 0 Å². The third kappa shape index (κ3) is 3.94. The van der Waals surface area contributed by atoms with E-state index in [0.717, 1.165) is 11.3 Å². The summed E-state index contributed by atoms with van der Waals surface area (Å²) in [7, 11) is 0. The van der Waals surface area contributed by atoms with E-state index in [2.05, 4.69) is 10.3 Å². The zero-order chi connectivity index (χ0) is 15.4. The smallest absolute Gasteiger partial charge is 0.311 e. The molecule has 0 amide bonds. The van der Waals surface area contributed by atoms with Gasteiger partial charge in [0.25, 0.3) is 0 Å². The second-order valence-electron chi connectivity index (χ2n) is 4.00. The van der Waals surface area contributed by atoms with E-state index in [-0.39, 0.29) is 18.2 Å². The normalized spacial score (nSPS) is 10.5. The predicted molar refractivity (Wildman–Crippen MR) is 72.0 cm³/mol. The molecule has 0 unspecified atom stereocenters. The van der Waals surface area contributed by atoms with Crippen molar-refractivity contribution in [3.05, 3.63) is 40.7 Å². The van der Waals surface area contributed by atoms with Gasteiger partial charge in [-0.05, 0) is 6.92 Å². The predicted octanol–water partition coefficient (Wildman–Crippen LogP) is 3.41. The summed E-state index contributed by atoms with van der Waals surface area (Å²) in [6.07, 6.45) is -0.0274. The molecule has 0 saturated heterocycles. The first-order valence-electron chi connectivity index (χ1n) is 6.01. The third-order valence-corrected chi connectivity index (χ3v) is 3.23. The summed E-state index contributed by atoms with van der Waals surface area (Å²) in [5.41, 5.74) is -0.0719. The van der Waals surface area contributed by atoms with Crippen LogP contribution in [0.5, 0.6) is 0 Å². The Kier molecular flexibility index (Phi) is 4.79. The molecule has 2 rings (SSSR count). The van der Waals surface area contributed by atoms with Crippen molar-refractivity contribution < 1.29 is 22.7 Å². The number of esters is 1. The maximum absolute atomic E-state index is 13.5. The van der Waals surface area contributed by atoms with Gasteiger partial charge < -0.3 is 10.1 Å². The van der Waals surface area contributed by atoms with E-state index in [4.69, 9.17) is 4.74 Å². The Hall–Kier alpha value is -2.09. The van der Waals surface area contributed by atoms with E-state index in [1.54, 1.807) is 12.3 Å². The molecule has 1 aromatic heterocycles. The molecular formula is C13H11F3N2O2S. The summed E-state index contributed by atoms with van der Waals surface area (Å²) >= 11 is 1.07. The molecule has 0 fully saturated rings. The summed E-state index contributed by atoms with van der Waals surface area (Å²) in [4.78, 5) is 15.3. The first-order chi connectivity index (χ1) is 9.99. The van der Waals surface area contributed by atoms with Gasteiger partial charge in [0.1, 0.15) is 11.5 Å². The number of nitrogens with one attached hydrogen (secondary N) is 1. The van der Waals surface area contributed by atoms with Crippen LogP contribution in [-0.4, -0.2) is 17.6 Å². The Bertz CT molecular complexity index is 638. The number of carbonyl (C=O) groups is 1. The van der Waals surface area contributed by atoms with Crippen molar-refractivity contribution >= 4 is 28.1 Å². The van der Waals surface area contributed by atoms with Crippen LogP contribution in [0.1, 0.15) is 12.6 Å². The van der Waals surface area contributed by atoms with Crippen LogP contribution in [0.25, 0.3) is 0 Å². The number of benzene rings is 1. The number of aromatic nitrogens is 1. The summed E-state index contributed by atoms with van der Waals surface area (Å²) in [5.74, 6) is -3.56. The summed E-state index contributed by atoms with van der Waals surface area (Å²) in [5, 5.41) is 4.19. The quantitative estimate of drug-likeness (QED) is 0.859. The van der Waals surface area contributed by atoms with Gasteiger partial charge >= 0.3 is 5.97 Å². The number of carbonyl (C=O) groups excluding carboxylic acids is 1. The van der Waals surface area contributed by atoms with E-state index in [9.17, 15) is 18.0 Å². The molecule has 21 heavy (non-hydrogen) atoms. The molecule has 0 bridgehead atoms. The molecular weight excluding hydrogens is 305 g/mol. The SMILES string of the molecule is CCOC(=O)Cc1csc(Nc2c(F)cc(F)cc2F)n1. The zero-order valence-electron chi connectivity index (χ0n) is 11.0. The van der Waals surface area contributed by atoms with Gasteiger partial charge in [-0.3, -0.25) is 4.79 Å². The zero-order valence-corrected chi connectivity index (χ0v) is 11.8. The van der Waals surface area contributed by atoms with Crippen molar-refractivity contribution in [1.82, 2.24) is 4.98 Å². The van der Waals surface area contributed by atoms with Crippen molar-refractivity contribution in [1.29, 1.82) is 0 Å². The van der Waals surface area contributed by atoms with Crippen LogP contribution in [-0.2, 0) is 16.0 Å². The van der Waals surface area contributed by atoms with Crippen LogP contribution in [0.3, 0.4) is 0 Å². The van der Waals surface area contributed by atoms with Crippen molar-refractivity contribution in [2.24, 2.45) is 0 Å². The average molecular weight is 316 g/mol. The number of thiazole rings is 1. The fourth-order valence-electron chi connectivity index (χ4n) is 1.57. The largest absolute Gasteiger partial charge is 0.466 e. The highest BCUT2D eigenvalue weighted by atomic mass is 32.1. The van der Waals surface area contributed by atoms with Crippen LogP contribution in [0.2, 0.25) is 0 Å². The Balaban J connectivity index is 2.11. The van der Waals surface area contributed by atoms with Crippen LogP contribution >= 0.6 is 11.3 Å². The summed E-state index contributed by atoms with van der Waals surface area (Å²) in [6.45, 7) is 1.95. The number of nitrogens with zero attached hydrogens (tertiary/aromatic N) is 1. The lowest BCUT2D eigenvalue weighted by molar-refractivity contribution is -0.142. The van der Waals surface area contributed by atoms with Gasteiger partial charge in [0.2, 0.25) is 0 Å². The molecule has 0 aliphatic heterocycles. The molecule has 0 aliphatic carbocycles. The Morgan fingerprint density at radius 1 is 1.33 bits per heavy atom. The molecule has 0 spiro atoms. The summed E-state index contributed by atoms with van der Waals surface area (Å²) < 4.78 is 44.5. The Morgan fingerprint density at radius 3 is 2.62 bits per heavy atom. The second kappa shape index (κ2) is 6.57. The topological polar surface area (TPSA) is 51.2 Å². The minimum atomic E-state index is -1.06. The van der Waals surface area contributed by atoms with Gasteiger partial charge in [0.05, 0.1) is 18.7 Å². The standard InChI is InChI=1S/C13H11F3N2O2S/c1-2-20-11(19)5-8-6-21-13(17-8)18-12-9(15)3-7(14)4-10(12)16/h3-4,6H,2,5H2,1H3,(H,17,18). The van der Waals surface area contributed by atoms with Crippen molar-refractivity contribution in [2.45, 2.75) is 13.3 Å². The lowest BCUT2D eigenvalue weighted by Crippen LogP contribution is -2.07. The monoisotopic (exact) mass is 316 g/mol.